The summed E-state index contributed by atoms with van der Waals surface area (Å²) in [6.07, 6.45) is 0.275. The molecular formula is C13H12ClNO2. The zero-order chi connectivity index (χ0) is 12.3. The van der Waals surface area contributed by atoms with Gasteiger partial charge in [0.05, 0.1) is 0 Å². The van der Waals surface area contributed by atoms with Gasteiger partial charge in [0.15, 0.2) is 0 Å². The van der Waals surface area contributed by atoms with E-state index in [4.69, 9.17) is 11.6 Å². The Morgan fingerprint density at radius 2 is 1.88 bits per heavy atom. The molecule has 4 heteroatoms. The number of alkyl halides is 1. The van der Waals surface area contributed by atoms with Crippen LogP contribution in [0, 0.1) is 0 Å². The zero-order valence-electron chi connectivity index (χ0n) is 9.11. The first-order valence-corrected chi connectivity index (χ1v) is 5.82. The molecule has 0 unspecified atom stereocenters. The van der Waals surface area contributed by atoms with Crippen LogP contribution in [0.2, 0.25) is 0 Å². The fraction of sp³-hybridized carbons (Fsp3) is 0.154. The Balaban J connectivity index is 2.41. The van der Waals surface area contributed by atoms with Crippen LogP contribution >= 0.6 is 11.6 Å². The van der Waals surface area contributed by atoms with Crippen LogP contribution in [-0.4, -0.2) is 16.9 Å². The summed E-state index contributed by atoms with van der Waals surface area (Å²) in [4.78, 5) is 11.5. The van der Waals surface area contributed by atoms with Gasteiger partial charge >= 0.3 is 0 Å². The Labute approximate surface area is 104 Å². The summed E-state index contributed by atoms with van der Waals surface area (Å²) in [6, 6.07) is 10.6. The Bertz CT molecular complexity index is 554. The molecule has 2 aromatic rings. The number of carbonyl (C=O) groups excluding carboxylic acids is 1. The number of phenols is 1. The number of phenolic OH excluding ortho intramolecular Hbond substituents is 1. The van der Waals surface area contributed by atoms with Crippen LogP contribution in [0.15, 0.2) is 36.4 Å². The average Bonchev–Trinajstić information content (AvgIpc) is 2.31. The van der Waals surface area contributed by atoms with Crippen LogP contribution in [0.5, 0.6) is 5.75 Å². The maximum Gasteiger partial charge on any atom is 0.225 e. The molecular weight excluding hydrogens is 238 g/mol. The van der Waals surface area contributed by atoms with Crippen molar-refractivity contribution in [2.75, 3.05) is 11.2 Å². The van der Waals surface area contributed by atoms with Gasteiger partial charge < -0.3 is 10.4 Å². The topological polar surface area (TPSA) is 49.3 Å². The van der Waals surface area contributed by atoms with Crippen molar-refractivity contribution in [3.63, 3.8) is 0 Å². The first kappa shape index (κ1) is 11.7. The van der Waals surface area contributed by atoms with Gasteiger partial charge in [0.1, 0.15) is 5.75 Å². The lowest BCUT2D eigenvalue weighted by Crippen LogP contribution is -2.11. The fourth-order valence-electron chi connectivity index (χ4n) is 1.70. The van der Waals surface area contributed by atoms with E-state index in [9.17, 15) is 9.90 Å². The minimum absolute atomic E-state index is 0.129. The number of benzene rings is 2. The van der Waals surface area contributed by atoms with Crippen molar-refractivity contribution < 1.29 is 9.90 Å². The van der Waals surface area contributed by atoms with E-state index in [1.54, 1.807) is 24.3 Å². The second-order valence-electron chi connectivity index (χ2n) is 3.66. The summed E-state index contributed by atoms with van der Waals surface area (Å²) in [5, 5.41) is 14.0. The van der Waals surface area contributed by atoms with Crippen molar-refractivity contribution in [3.05, 3.63) is 36.4 Å². The summed E-state index contributed by atoms with van der Waals surface area (Å²) in [5.41, 5.74) is 0.688. The number of anilines is 1. The second kappa shape index (κ2) is 5.06. The van der Waals surface area contributed by atoms with Crippen LogP contribution in [0.25, 0.3) is 10.8 Å². The van der Waals surface area contributed by atoms with E-state index < -0.39 is 0 Å². The molecule has 0 saturated heterocycles. The average molecular weight is 250 g/mol. The molecule has 88 valence electrons. The number of nitrogens with one attached hydrogen (secondary N) is 1. The normalized spacial score (nSPS) is 10.4. The molecule has 0 fully saturated rings. The third-order valence-corrected chi connectivity index (χ3v) is 2.68. The summed E-state index contributed by atoms with van der Waals surface area (Å²) < 4.78 is 0. The van der Waals surface area contributed by atoms with Crippen LogP contribution in [0.1, 0.15) is 6.42 Å². The van der Waals surface area contributed by atoms with Crippen LogP contribution < -0.4 is 5.32 Å². The molecule has 1 amide bonds. The Hall–Kier alpha value is -1.74. The highest BCUT2D eigenvalue weighted by molar-refractivity contribution is 6.19. The number of aromatic hydroxyl groups is 1. The molecule has 3 nitrogen and oxygen atoms in total. The van der Waals surface area contributed by atoms with Gasteiger partial charge in [-0.1, -0.05) is 24.3 Å². The highest BCUT2D eigenvalue weighted by Crippen LogP contribution is 2.29. The molecule has 0 aliphatic rings. The van der Waals surface area contributed by atoms with E-state index in [2.05, 4.69) is 5.32 Å². The number of amides is 1. The predicted octanol–water partition coefficient (Wildman–Crippen LogP) is 3.11. The Kier molecular flexibility index (Phi) is 3.49. The maximum atomic E-state index is 11.5. The quantitative estimate of drug-likeness (QED) is 0.822. The molecule has 2 aromatic carbocycles. The number of halogens is 1. The van der Waals surface area contributed by atoms with Crippen molar-refractivity contribution in [2.24, 2.45) is 0 Å². The predicted molar refractivity (Wildman–Crippen MR) is 69.6 cm³/mol. The van der Waals surface area contributed by atoms with Gasteiger partial charge in [0.25, 0.3) is 0 Å². The maximum absolute atomic E-state index is 11.5. The first-order valence-electron chi connectivity index (χ1n) is 5.29. The van der Waals surface area contributed by atoms with Gasteiger partial charge in [-0.25, -0.2) is 0 Å². The van der Waals surface area contributed by atoms with E-state index in [0.29, 0.717) is 11.6 Å². The molecule has 0 aromatic heterocycles. The molecule has 17 heavy (non-hydrogen) atoms. The molecule has 0 heterocycles. The monoisotopic (exact) mass is 249 g/mol. The van der Waals surface area contributed by atoms with E-state index in [1.165, 1.54) is 0 Å². The second-order valence-corrected chi connectivity index (χ2v) is 4.04. The minimum atomic E-state index is -0.129. The van der Waals surface area contributed by atoms with Gasteiger partial charge in [0, 0.05) is 28.8 Å². The number of hydrogen-bond donors (Lipinski definition) is 2. The van der Waals surface area contributed by atoms with Gasteiger partial charge in [-0.3, -0.25) is 4.79 Å². The molecule has 0 radical (unpaired) electrons. The lowest BCUT2D eigenvalue weighted by atomic mass is 10.1. The summed E-state index contributed by atoms with van der Waals surface area (Å²) in [7, 11) is 0. The molecule has 0 atom stereocenters. The lowest BCUT2D eigenvalue weighted by Gasteiger charge is -2.08. The minimum Gasteiger partial charge on any atom is -0.507 e. The van der Waals surface area contributed by atoms with Crippen molar-refractivity contribution in [3.8, 4) is 5.75 Å². The van der Waals surface area contributed by atoms with Crippen LogP contribution in [-0.2, 0) is 4.79 Å². The summed E-state index contributed by atoms with van der Waals surface area (Å²) >= 11 is 5.51. The van der Waals surface area contributed by atoms with Crippen molar-refractivity contribution >= 4 is 34.0 Å². The van der Waals surface area contributed by atoms with Gasteiger partial charge in [-0.05, 0) is 12.1 Å². The molecule has 0 bridgehead atoms. The highest BCUT2D eigenvalue weighted by Gasteiger charge is 2.06. The third kappa shape index (κ3) is 2.50. The van der Waals surface area contributed by atoms with Crippen molar-refractivity contribution in [2.45, 2.75) is 6.42 Å². The van der Waals surface area contributed by atoms with Gasteiger partial charge in [0.2, 0.25) is 5.91 Å². The summed E-state index contributed by atoms with van der Waals surface area (Å²) in [6.45, 7) is 0. The molecule has 0 spiro atoms. The first-order chi connectivity index (χ1) is 8.22. The van der Waals surface area contributed by atoms with E-state index >= 15 is 0 Å². The highest BCUT2D eigenvalue weighted by atomic mass is 35.5. The van der Waals surface area contributed by atoms with Gasteiger partial charge in [-0.2, -0.15) is 0 Å². The van der Waals surface area contributed by atoms with E-state index in [1.807, 2.05) is 12.1 Å². The molecule has 0 saturated carbocycles. The number of fused-ring (bicyclic) bond motifs is 1. The number of carbonyl (C=O) groups is 1. The lowest BCUT2D eigenvalue weighted by molar-refractivity contribution is -0.115. The summed E-state index contributed by atoms with van der Waals surface area (Å²) in [5.74, 6) is 0.369. The smallest absolute Gasteiger partial charge is 0.225 e. The number of hydrogen-bond acceptors (Lipinski definition) is 2. The van der Waals surface area contributed by atoms with E-state index in [-0.39, 0.29) is 18.1 Å². The zero-order valence-corrected chi connectivity index (χ0v) is 9.87. The Morgan fingerprint density at radius 1 is 1.18 bits per heavy atom. The largest absolute Gasteiger partial charge is 0.507 e. The SMILES string of the molecule is O=C(CCCl)Nc1cccc2c(O)cccc12. The van der Waals surface area contributed by atoms with Crippen LogP contribution in [0.4, 0.5) is 5.69 Å². The standard InChI is InChI=1S/C13H12ClNO2/c14-8-7-13(17)15-11-5-1-4-10-9(11)3-2-6-12(10)16/h1-6,16H,7-8H2,(H,15,17). The molecule has 0 aliphatic carbocycles. The molecule has 2 rings (SSSR count). The fourth-order valence-corrected chi connectivity index (χ4v) is 1.87. The molecule has 0 aliphatic heterocycles. The third-order valence-electron chi connectivity index (χ3n) is 2.49. The van der Waals surface area contributed by atoms with Crippen molar-refractivity contribution in [1.29, 1.82) is 0 Å². The van der Waals surface area contributed by atoms with Crippen LogP contribution in [0.3, 0.4) is 0 Å². The molecule has 2 N–H and O–H groups in total. The Morgan fingerprint density at radius 3 is 2.65 bits per heavy atom. The number of rotatable bonds is 3. The van der Waals surface area contributed by atoms with Gasteiger partial charge in [-0.15, -0.1) is 11.6 Å². The van der Waals surface area contributed by atoms with Crippen molar-refractivity contribution in [1.82, 2.24) is 0 Å². The van der Waals surface area contributed by atoms with E-state index in [0.717, 1.165) is 10.8 Å².